The maximum Gasteiger partial charge on any atom is 0.308 e. The number of nitrogens with zero attached hydrogens (tertiary/aromatic N) is 1. The van der Waals surface area contributed by atoms with Crippen LogP contribution in [0.5, 0.6) is 0 Å². The highest BCUT2D eigenvalue weighted by Gasteiger charge is 2.30. The van der Waals surface area contributed by atoms with E-state index in [-0.39, 0.29) is 22.8 Å². The molecule has 120 valence electrons. The molecule has 1 aliphatic rings. The van der Waals surface area contributed by atoms with Crippen LogP contribution >= 0.6 is 0 Å². The summed E-state index contributed by atoms with van der Waals surface area (Å²) in [6.45, 7) is 2.09. The van der Waals surface area contributed by atoms with Crippen LogP contribution < -0.4 is 0 Å². The summed E-state index contributed by atoms with van der Waals surface area (Å²) in [7, 11) is -3.51. The zero-order valence-electron chi connectivity index (χ0n) is 12.4. The van der Waals surface area contributed by atoms with Gasteiger partial charge < -0.3 is 10.0 Å². The molecule has 0 bridgehead atoms. The molecule has 1 N–H and O–H groups in total. The van der Waals surface area contributed by atoms with E-state index in [1.807, 2.05) is 0 Å². The van der Waals surface area contributed by atoms with Gasteiger partial charge in [-0.3, -0.25) is 9.59 Å². The average Bonchev–Trinajstić information content (AvgIpc) is 2.54. The molecule has 1 heterocycles. The first-order valence-corrected chi connectivity index (χ1v) is 8.86. The Labute approximate surface area is 129 Å². The second kappa shape index (κ2) is 6.48. The first-order valence-electron chi connectivity index (χ1n) is 7.20. The lowest BCUT2D eigenvalue weighted by atomic mass is 9.97. The summed E-state index contributed by atoms with van der Waals surface area (Å²) in [5.41, 5.74) is 0.121. The van der Waals surface area contributed by atoms with Gasteiger partial charge in [-0.25, -0.2) is 8.42 Å². The van der Waals surface area contributed by atoms with Crippen LogP contribution in [-0.2, 0) is 14.6 Å². The zero-order chi connectivity index (χ0) is 16.3. The molecule has 1 fully saturated rings. The van der Waals surface area contributed by atoms with Gasteiger partial charge in [0.1, 0.15) is 0 Å². The molecule has 0 aliphatic carbocycles. The predicted molar refractivity (Wildman–Crippen MR) is 80.4 cm³/mol. The highest BCUT2D eigenvalue weighted by Crippen LogP contribution is 2.23. The van der Waals surface area contributed by atoms with Crippen molar-refractivity contribution in [3.05, 3.63) is 29.8 Å². The molecule has 0 unspecified atom stereocenters. The normalized spacial score (nSPS) is 19.0. The Balaban J connectivity index is 2.32. The fourth-order valence-electron chi connectivity index (χ4n) is 2.60. The molecule has 1 aromatic rings. The standard InChI is InChI=1S/C15H19NO5S/c1-2-22(20,21)13-8-4-3-7-12(13)14(17)16-9-5-6-11(10-16)15(18)19/h3-4,7-8,11H,2,5-6,9-10H2,1H3,(H,18,19)/t11-/m0/s1. The second-order valence-corrected chi connectivity index (χ2v) is 7.57. The van der Waals surface area contributed by atoms with E-state index in [0.29, 0.717) is 19.4 Å². The number of piperidine rings is 1. The quantitative estimate of drug-likeness (QED) is 0.904. The van der Waals surface area contributed by atoms with Crippen LogP contribution in [0.3, 0.4) is 0 Å². The molecule has 1 amide bonds. The number of rotatable bonds is 4. The monoisotopic (exact) mass is 325 g/mol. The van der Waals surface area contributed by atoms with Crippen molar-refractivity contribution in [2.24, 2.45) is 5.92 Å². The number of carboxylic acids is 1. The maximum absolute atomic E-state index is 12.6. The third-order valence-electron chi connectivity index (χ3n) is 3.89. The summed E-state index contributed by atoms with van der Waals surface area (Å²) >= 11 is 0. The molecule has 0 radical (unpaired) electrons. The summed E-state index contributed by atoms with van der Waals surface area (Å²) in [6.07, 6.45) is 1.14. The number of hydrogen-bond donors (Lipinski definition) is 1. The van der Waals surface area contributed by atoms with Crippen molar-refractivity contribution in [1.29, 1.82) is 0 Å². The van der Waals surface area contributed by atoms with E-state index in [4.69, 9.17) is 5.11 Å². The summed E-state index contributed by atoms with van der Waals surface area (Å²) < 4.78 is 24.2. The number of carbonyl (C=O) groups is 2. The first-order chi connectivity index (χ1) is 10.4. The Bertz CT molecular complexity index is 683. The fraction of sp³-hybridized carbons (Fsp3) is 0.467. The van der Waals surface area contributed by atoms with Gasteiger partial charge >= 0.3 is 5.97 Å². The summed E-state index contributed by atoms with van der Waals surface area (Å²) in [4.78, 5) is 25.2. The van der Waals surface area contributed by atoms with Gasteiger partial charge in [0.2, 0.25) is 0 Å². The Kier molecular flexibility index (Phi) is 4.85. The molecule has 0 saturated carbocycles. The Morgan fingerprint density at radius 3 is 2.64 bits per heavy atom. The highest BCUT2D eigenvalue weighted by molar-refractivity contribution is 7.91. The first kappa shape index (κ1) is 16.5. The van der Waals surface area contributed by atoms with E-state index >= 15 is 0 Å². The van der Waals surface area contributed by atoms with E-state index in [9.17, 15) is 18.0 Å². The van der Waals surface area contributed by atoms with Gasteiger partial charge in [-0.1, -0.05) is 19.1 Å². The number of benzene rings is 1. The minimum Gasteiger partial charge on any atom is -0.481 e. The molecule has 1 aliphatic heterocycles. The molecule has 2 rings (SSSR count). The number of likely N-dealkylation sites (tertiary alicyclic amines) is 1. The Hall–Kier alpha value is -1.89. The van der Waals surface area contributed by atoms with E-state index in [1.165, 1.54) is 24.0 Å². The Morgan fingerprint density at radius 1 is 1.32 bits per heavy atom. The molecule has 6 nitrogen and oxygen atoms in total. The smallest absolute Gasteiger partial charge is 0.308 e. The number of aliphatic carboxylic acids is 1. The third kappa shape index (κ3) is 3.30. The van der Waals surface area contributed by atoms with Crippen molar-refractivity contribution in [3.63, 3.8) is 0 Å². The summed E-state index contributed by atoms with van der Waals surface area (Å²) in [5, 5.41) is 9.10. The van der Waals surface area contributed by atoms with Crippen LogP contribution in [-0.4, -0.2) is 49.1 Å². The van der Waals surface area contributed by atoms with Gasteiger partial charge in [-0.2, -0.15) is 0 Å². The average molecular weight is 325 g/mol. The number of amides is 1. The van der Waals surface area contributed by atoms with Crippen molar-refractivity contribution in [1.82, 2.24) is 4.90 Å². The van der Waals surface area contributed by atoms with Crippen molar-refractivity contribution < 1.29 is 23.1 Å². The number of carbonyl (C=O) groups excluding carboxylic acids is 1. The predicted octanol–water partition coefficient (Wildman–Crippen LogP) is 1.42. The number of carboxylic acid groups (broad SMARTS) is 1. The number of sulfone groups is 1. The van der Waals surface area contributed by atoms with Crippen LogP contribution in [0.2, 0.25) is 0 Å². The molecular formula is C15H19NO5S. The van der Waals surface area contributed by atoms with Gasteiger partial charge in [0.25, 0.3) is 5.91 Å². The summed E-state index contributed by atoms with van der Waals surface area (Å²) in [5.74, 6) is -2.02. The highest BCUT2D eigenvalue weighted by atomic mass is 32.2. The minimum atomic E-state index is -3.51. The van der Waals surface area contributed by atoms with Gasteiger partial charge in [0, 0.05) is 13.1 Å². The topological polar surface area (TPSA) is 91.8 Å². The minimum absolute atomic E-state index is 0.0138. The van der Waals surface area contributed by atoms with Crippen molar-refractivity contribution >= 4 is 21.7 Å². The largest absolute Gasteiger partial charge is 0.481 e. The molecule has 1 saturated heterocycles. The lowest BCUT2D eigenvalue weighted by molar-refractivity contribution is -0.143. The van der Waals surface area contributed by atoms with Crippen LogP contribution in [0.25, 0.3) is 0 Å². The van der Waals surface area contributed by atoms with E-state index in [2.05, 4.69) is 0 Å². The molecule has 22 heavy (non-hydrogen) atoms. The lowest BCUT2D eigenvalue weighted by Crippen LogP contribution is -2.42. The zero-order valence-corrected chi connectivity index (χ0v) is 13.2. The van der Waals surface area contributed by atoms with Crippen molar-refractivity contribution in [2.75, 3.05) is 18.8 Å². The van der Waals surface area contributed by atoms with E-state index < -0.39 is 27.6 Å². The van der Waals surface area contributed by atoms with Gasteiger partial charge in [-0.15, -0.1) is 0 Å². The van der Waals surface area contributed by atoms with Gasteiger partial charge in [0.15, 0.2) is 9.84 Å². The van der Waals surface area contributed by atoms with E-state index in [1.54, 1.807) is 12.1 Å². The summed E-state index contributed by atoms with van der Waals surface area (Å²) in [6, 6.07) is 6.09. The second-order valence-electron chi connectivity index (χ2n) is 5.33. The number of hydrogen-bond acceptors (Lipinski definition) is 4. The van der Waals surface area contributed by atoms with Gasteiger partial charge in [-0.05, 0) is 25.0 Å². The molecule has 1 atom stereocenters. The van der Waals surface area contributed by atoms with Crippen LogP contribution in [0.4, 0.5) is 0 Å². The Morgan fingerprint density at radius 2 is 2.00 bits per heavy atom. The van der Waals surface area contributed by atoms with Gasteiger partial charge in [0.05, 0.1) is 22.1 Å². The van der Waals surface area contributed by atoms with E-state index in [0.717, 1.165) is 0 Å². The van der Waals surface area contributed by atoms with Crippen molar-refractivity contribution in [3.8, 4) is 0 Å². The van der Waals surface area contributed by atoms with Crippen molar-refractivity contribution in [2.45, 2.75) is 24.7 Å². The van der Waals surface area contributed by atoms with Crippen LogP contribution in [0.15, 0.2) is 29.2 Å². The third-order valence-corrected chi connectivity index (χ3v) is 5.68. The maximum atomic E-state index is 12.6. The SMILES string of the molecule is CCS(=O)(=O)c1ccccc1C(=O)N1CCC[C@H](C(=O)O)C1. The fourth-order valence-corrected chi connectivity index (χ4v) is 3.69. The van der Waals surface area contributed by atoms with Crippen LogP contribution in [0, 0.1) is 5.92 Å². The molecule has 7 heteroatoms. The van der Waals surface area contributed by atoms with Crippen LogP contribution in [0.1, 0.15) is 30.1 Å². The molecule has 1 aromatic carbocycles. The molecular weight excluding hydrogens is 306 g/mol. The lowest BCUT2D eigenvalue weighted by Gasteiger charge is -2.31. The molecule has 0 aromatic heterocycles. The molecule has 0 spiro atoms.